The van der Waals surface area contributed by atoms with Crippen LogP contribution in [0.3, 0.4) is 0 Å². The van der Waals surface area contributed by atoms with Crippen LogP contribution in [0.2, 0.25) is 0 Å². The zero-order valence-electron chi connectivity index (χ0n) is 14.3. The van der Waals surface area contributed by atoms with Crippen LogP contribution in [0.4, 0.5) is 5.69 Å². The number of aryl methyl sites for hydroxylation is 2. The number of guanidine groups is 1. The summed E-state index contributed by atoms with van der Waals surface area (Å²) in [5, 5.41) is 7.35. The minimum absolute atomic E-state index is 0. The molecule has 0 atom stereocenters. The van der Waals surface area contributed by atoms with Crippen LogP contribution < -0.4 is 11.1 Å². The second-order valence-corrected chi connectivity index (χ2v) is 6.38. The molecule has 0 bridgehead atoms. The zero-order valence-corrected chi connectivity index (χ0v) is 16.6. The Morgan fingerprint density at radius 2 is 1.96 bits per heavy atom. The number of aromatic nitrogens is 3. The molecular formula is C16H25IN6. The lowest BCUT2D eigenvalue weighted by Gasteiger charge is -2.20. The topological polar surface area (TPSA) is 81.1 Å². The summed E-state index contributed by atoms with van der Waals surface area (Å²) in [6.45, 7) is 10.8. The fraction of sp³-hybridized carbons (Fsp3) is 0.438. The standard InChI is InChI=1S/C16H24N6.HI/c1-11-6-7-13(8-12(11)2)21-15(17)18-9-14-19-10-20-22(14)16(3,4)5;/h6-8,10H,9H2,1-5H3,(H3,17,18,21);1H. The maximum absolute atomic E-state index is 5.95. The lowest BCUT2D eigenvalue weighted by atomic mass is 10.1. The molecule has 3 N–H and O–H groups in total. The number of nitrogens with two attached hydrogens (primary N) is 1. The van der Waals surface area contributed by atoms with Gasteiger partial charge in [0, 0.05) is 5.69 Å². The normalized spacial score (nSPS) is 12.0. The van der Waals surface area contributed by atoms with Gasteiger partial charge >= 0.3 is 0 Å². The molecule has 1 heterocycles. The van der Waals surface area contributed by atoms with Crippen molar-refractivity contribution in [1.29, 1.82) is 0 Å². The Bertz CT molecular complexity index is 684. The Kier molecular flexibility index (Phi) is 6.55. The molecule has 0 aliphatic rings. The SMILES string of the molecule is Cc1ccc(NC(N)=NCc2ncnn2C(C)(C)C)cc1C.I. The average molecular weight is 428 g/mol. The molecule has 1 aromatic heterocycles. The lowest BCUT2D eigenvalue weighted by Crippen LogP contribution is -2.26. The van der Waals surface area contributed by atoms with Crippen molar-refractivity contribution in [3.05, 3.63) is 41.5 Å². The number of rotatable bonds is 3. The van der Waals surface area contributed by atoms with E-state index in [-0.39, 0.29) is 29.5 Å². The van der Waals surface area contributed by atoms with E-state index in [0.29, 0.717) is 12.5 Å². The van der Waals surface area contributed by atoms with Gasteiger partial charge in [-0.2, -0.15) is 5.10 Å². The van der Waals surface area contributed by atoms with Crippen LogP contribution in [0.1, 0.15) is 37.7 Å². The van der Waals surface area contributed by atoms with Gasteiger partial charge in [0.15, 0.2) is 5.96 Å². The highest BCUT2D eigenvalue weighted by Gasteiger charge is 2.17. The molecule has 126 valence electrons. The highest BCUT2D eigenvalue weighted by Crippen LogP contribution is 2.15. The molecule has 0 unspecified atom stereocenters. The minimum atomic E-state index is -0.127. The van der Waals surface area contributed by atoms with Crippen LogP contribution in [0, 0.1) is 13.8 Å². The lowest BCUT2D eigenvalue weighted by molar-refractivity contribution is 0.342. The molecular weight excluding hydrogens is 403 g/mol. The molecule has 0 aliphatic heterocycles. The molecule has 2 rings (SSSR count). The fourth-order valence-electron chi connectivity index (χ4n) is 2.10. The number of hydrogen-bond donors (Lipinski definition) is 2. The van der Waals surface area contributed by atoms with Crippen LogP contribution in [0.25, 0.3) is 0 Å². The Balaban J connectivity index is 0.00000264. The van der Waals surface area contributed by atoms with Crippen molar-refractivity contribution >= 4 is 35.6 Å². The van der Waals surface area contributed by atoms with E-state index in [0.717, 1.165) is 11.5 Å². The molecule has 0 amide bonds. The average Bonchev–Trinajstić information content (AvgIpc) is 2.89. The van der Waals surface area contributed by atoms with E-state index < -0.39 is 0 Å². The van der Waals surface area contributed by atoms with Crippen molar-refractivity contribution in [2.24, 2.45) is 10.7 Å². The Labute approximate surface area is 154 Å². The third-order valence-corrected chi connectivity index (χ3v) is 3.42. The van der Waals surface area contributed by atoms with E-state index in [1.54, 1.807) is 6.33 Å². The van der Waals surface area contributed by atoms with Gasteiger partial charge in [-0.05, 0) is 57.9 Å². The highest BCUT2D eigenvalue weighted by atomic mass is 127. The molecule has 0 spiro atoms. The van der Waals surface area contributed by atoms with Gasteiger partial charge in [0.2, 0.25) is 0 Å². The summed E-state index contributed by atoms with van der Waals surface area (Å²) in [5.74, 6) is 1.16. The van der Waals surface area contributed by atoms with Gasteiger partial charge in [0.25, 0.3) is 0 Å². The predicted octanol–water partition coefficient (Wildman–Crippen LogP) is 3.19. The molecule has 0 saturated carbocycles. The fourth-order valence-corrected chi connectivity index (χ4v) is 2.10. The molecule has 6 nitrogen and oxygen atoms in total. The number of halogens is 1. The summed E-state index contributed by atoms with van der Waals surface area (Å²) >= 11 is 0. The van der Waals surface area contributed by atoms with Gasteiger partial charge in [-0.15, -0.1) is 24.0 Å². The monoisotopic (exact) mass is 428 g/mol. The van der Waals surface area contributed by atoms with E-state index in [9.17, 15) is 0 Å². The second-order valence-electron chi connectivity index (χ2n) is 6.38. The summed E-state index contributed by atoms with van der Waals surface area (Å²) in [4.78, 5) is 8.60. The summed E-state index contributed by atoms with van der Waals surface area (Å²) in [7, 11) is 0. The van der Waals surface area contributed by atoms with E-state index in [2.05, 4.69) is 67.1 Å². The van der Waals surface area contributed by atoms with Crippen LogP contribution in [-0.4, -0.2) is 20.7 Å². The number of aliphatic imine (C=N–C) groups is 1. The third-order valence-electron chi connectivity index (χ3n) is 3.42. The molecule has 7 heteroatoms. The van der Waals surface area contributed by atoms with E-state index in [4.69, 9.17) is 5.73 Å². The number of anilines is 1. The van der Waals surface area contributed by atoms with Crippen molar-refractivity contribution in [2.75, 3.05) is 5.32 Å². The molecule has 2 aromatic rings. The second kappa shape index (κ2) is 7.76. The van der Waals surface area contributed by atoms with E-state index >= 15 is 0 Å². The van der Waals surface area contributed by atoms with Crippen molar-refractivity contribution < 1.29 is 0 Å². The maximum atomic E-state index is 5.95. The number of benzene rings is 1. The van der Waals surface area contributed by atoms with Crippen LogP contribution in [-0.2, 0) is 12.1 Å². The Hall–Kier alpha value is -1.64. The van der Waals surface area contributed by atoms with Crippen molar-refractivity contribution in [1.82, 2.24) is 14.8 Å². The Morgan fingerprint density at radius 3 is 2.57 bits per heavy atom. The molecule has 0 radical (unpaired) electrons. The van der Waals surface area contributed by atoms with Crippen LogP contribution in [0.5, 0.6) is 0 Å². The predicted molar refractivity (Wildman–Crippen MR) is 105 cm³/mol. The van der Waals surface area contributed by atoms with Crippen molar-refractivity contribution in [3.63, 3.8) is 0 Å². The zero-order chi connectivity index (χ0) is 16.3. The smallest absolute Gasteiger partial charge is 0.193 e. The number of nitrogens with one attached hydrogen (secondary N) is 1. The quantitative estimate of drug-likeness (QED) is 0.447. The molecule has 1 aromatic carbocycles. The molecule has 0 saturated heterocycles. The maximum Gasteiger partial charge on any atom is 0.193 e. The number of nitrogens with zero attached hydrogens (tertiary/aromatic N) is 4. The van der Waals surface area contributed by atoms with Gasteiger partial charge in [0.1, 0.15) is 18.7 Å². The summed E-state index contributed by atoms with van der Waals surface area (Å²) in [6, 6.07) is 6.10. The van der Waals surface area contributed by atoms with Crippen LogP contribution >= 0.6 is 24.0 Å². The van der Waals surface area contributed by atoms with Crippen LogP contribution in [0.15, 0.2) is 29.5 Å². The molecule has 0 fully saturated rings. The summed E-state index contributed by atoms with van der Waals surface area (Å²) < 4.78 is 1.86. The van der Waals surface area contributed by atoms with E-state index in [1.165, 1.54) is 11.1 Å². The molecule has 23 heavy (non-hydrogen) atoms. The first-order valence-corrected chi connectivity index (χ1v) is 7.31. The van der Waals surface area contributed by atoms with Crippen molar-refractivity contribution in [2.45, 2.75) is 46.7 Å². The third kappa shape index (κ3) is 5.19. The number of hydrogen-bond acceptors (Lipinski definition) is 3. The molecule has 0 aliphatic carbocycles. The van der Waals surface area contributed by atoms with Crippen molar-refractivity contribution in [3.8, 4) is 0 Å². The van der Waals surface area contributed by atoms with Gasteiger partial charge in [0.05, 0.1) is 5.54 Å². The van der Waals surface area contributed by atoms with Gasteiger partial charge in [-0.1, -0.05) is 6.07 Å². The van der Waals surface area contributed by atoms with Gasteiger partial charge < -0.3 is 11.1 Å². The summed E-state index contributed by atoms with van der Waals surface area (Å²) in [5.41, 5.74) is 9.22. The first kappa shape index (κ1) is 19.4. The first-order chi connectivity index (χ1) is 10.3. The van der Waals surface area contributed by atoms with Gasteiger partial charge in [-0.25, -0.2) is 14.7 Å². The first-order valence-electron chi connectivity index (χ1n) is 7.31. The minimum Gasteiger partial charge on any atom is -0.370 e. The highest BCUT2D eigenvalue weighted by molar-refractivity contribution is 14.0. The Morgan fingerprint density at radius 1 is 1.26 bits per heavy atom. The summed E-state index contributed by atoms with van der Waals surface area (Å²) in [6.07, 6.45) is 1.54. The van der Waals surface area contributed by atoms with Gasteiger partial charge in [-0.3, -0.25) is 0 Å². The van der Waals surface area contributed by atoms with E-state index in [1.807, 2.05) is 10.7 Å². The largest absolute Gasteiger partial charge is 0.370 e.